The second kappa shape index (κ2) is 6.10. The molecule has 1 aromatic carbocycles. The third-order valence-corrected chi connectivity index (χ3v) is 2.51. The van der Waals surface area contributed by atoms with Crippen LogP contribution in [0.2, 0.25) is 0 Å². The Labute approximate surface area is 127 Å². The third-order valence-electron chi connectivity index (χ3n) is 2.51. The Morgan fingerprint density at radius 3 is 2.00 bits per heavy atom. The minimum Gasteiger partial charge on any atom is -0.458 e. The molecule has 1 rings (SSSR count). The van der Waals surface area contributed by atoms with E-state index in [1.807, 2.05) is 0 Å². The standard InChI is InChI=1S/C14H18N2O6/c1-13(2,3)22-12(18)14(4,15)11(17)21-10-7-5-9(6-8-10)16(19)20/h5-8H,15H2,1-4H3/t14-/m1/s1. The van der Waals surface area contributed by atoms with Crippen molar-refractivity contribution in [3.8, 4) is 5.75 Å². The van der Waals surface area contributed by atoms with Gasteiger partial charge in [0.05, 0.1) is 4.92 Å². The number of nitrogens with two attached hydrogens (primary N) is 1. The van der Waals surface area contributed by atoms with Crippen molar-refractivity contribution in [2.45, 2.75) is 38.8 Å². The first-order valence-electron chi connectivity index (χ1n) is 6.42. The molecule has 8 heteroatoms. The Kier molecular flexibility index (Phi) is 4.87. The summed E-state index contributed by atoms with van der Waals surface area (Å²) in [6.07, 6.45) is 0. The minimum absolute atomic E-state index is 0.0378. The third kappa shape index (κ3) is 4.52. The van der Waals surface area contributed by atoms with Gasteiger partial charge in [0.2, 0.25) is 5.54 Å². The number of nitro benzene ring substituents is 1. The van der Waals surface area contributed by atoms with E-state index in [4.69, 9.17) is 15.2 Å². The Morgan fingerprint density at radius 1 is 1.09 bits per heavy atom. The highest BCUT2D eigenvalue weighted by Crippen LogP contribution is 2.20. The molecule has 0 amide bonds. The smallest absolute Gasteiger partial charge is 0.342 e. The van der Waals surface area contributed by atoms with E-state index in [0.717, 1.165) is 0 Å². The van der Waals surface area contributed by atoms with Crippen molar-refractivity contribution >= 4 is 17.6 Å². The van der Waals surface area contributed by atoms with Crippen molar-refractivity contribution in [1.82, 2.24) is 0 Å². The zero-order valence-electron chi connectivity index (χ0n) is 12.8. The van der Waals surface area contributed by atoms with E-state index in [1.165, 1.54) is 31.2 Å². The fourth-order valence-electron chi connectivity index (χ4n) is 1.32. The van der Waals surface area contributed by atoms with Crippen molar-refractivity contribution in [3.63, 3.8) is 0 Å². The second-order valence-electron chi connectivity index (χ2n) is 5.84. The molecule has 8 nitrogen and oxygen atoms in total. The maximum absolute atomic E-state index is 12.0. The number of hydrogen-bond acceptors (Lipinski definition) is 7. The van der Waals surface area contributed by atoms with Crippen LogP contribution in [0.15, 0.2) is 24.3 Å². The first-order chi connectivity index (χ1) is 9.93. The molecule has 1 aromatic rings. The number of nitrogens with zero attached hydrogens (tertiary/aromatic N) is 1. The molecule has 0 fully saturated rings. The first-order valence-corrected chi connectivity index (χ1v) is 6.42. The van der Waals surface area contributed by atoms with Crippen LogP contribution in [-0.4, -0.2) is 28.0 Å². The molecule has 1 atom stereocenters. The Bertz CT molecular complexity index is 586. The lowest BCUT2D eigenvalue weighted by Gasteiger charge is -2.26. The lowest BCUT2D eigenvalue weighted by Crippen LogP contribution is -2.56. The van der Waals surface area contributed by atoms with E-state index >= 15 is 0 Å². The molecule has 0 saturated carbocycles. The molecule has 22 heavy (non-hydrogen) atoms. The SMILES string of the molecule is CC(C)(C)OC(=O)[C@](C)(N)C(=O)Oc1ccc([N+](=O)[O-])cc1. The van der Waals surface area contributed by atoms with Crippen LogP contribution in [-0.2, 0) is 14.3 Å². The number of hydrogen-bond donors (Lipinski definition) is 1. The van der Waals surface area contributed by atoms with Crippen LogP contribution in [0, 0.1) is 10.1 Å². The average molecular weight is 310 g/mol. The lowest BCUT2D eigenvalue weighted by molar-refractivity contribution is -0.384. The van der Waals surface area contributed by atoms with E-state index in [1.54, 1.807) is 20.8 Å². The van der Waals surface area contributed by atoms with E-state index in [9.17, 15) is 19.7 Å². The molecule has 0 heterocycles. The van der Waals surface area contributed by atoms with Crippen LogP contribution in [0.5, 0.6) is 5.75 Å². The van der Waals surface area contributed by atoms with Crippen LogP contribution in [0.4, 0.5) is 5.69 Å². The molecule has 2 N–H and O–H groups in total. The maximum Gasteiger partial charge on any atom is 0.342 e. The summed E-state index contributed by atoms with van der Waals surface area (Å²) in [5.41, 5.74) is 2.74. The molecular weight excluding hydrogens is 292 g/mol. The number of nitro groups is 1. The molecule has 0 spiro atoms. The molecule has 0 aliphatic rings. The van der Waals surface area contributed by atoms with Crippen LogP contribution < -0.4 is 10.5 Å². The van der Waals surface area contributed by atoms with Crippen molar-refractivity contribution < 1.29 is 24.0 Å². The predicted molar refractivity (Wildman–Crippen MR) is 77.2 cm³/mol. The van der Waals surface area contributed by atoms with Gasteiger partial charge in [-0.05, 0) is 39.8 Å². The molecule has 0 aliphatic heterocycles. The topological polar surface area (TPSA) is 122 Å². The summed E-state index contributed by atoms with van der Waals surface area (Å²) in [5.74, 6) is -1.90. The zero-order valence-corrected chi connectivity index (χ0v) is 12.8. The summed E-state index contributed by atoms with van der Waals surface area (Å²) in [6, 6.07) is 4.82. The number of benzene rings is 1. The molecule has 0 aromatic heterocycles. The van der Waals surface area contributed by atoms with Crippen LogP contribution in [0.25, 0.3) is 0 Å². The van der Waals surface area contributed by atoms with Crippen LogP contribution in [0.3, 0.4) is 0 Å². The first kappa shape index (κ1) is 17.6. The molecule has 120 valence electrons. The number of ether oxygens (including phenoxy) is 2. The van der Waals surface area contributed by atoms with E-state index in [0.29, 0.717) is 0 Å². The maximum atomic E-state index is 12.0. The summed E-state index contributed by atoms with van der Waals surface area (Å²) in [5, 5.41) is 10.5. The van der Waals surface area contributed by atoms with Crippen molar-refractivity contribution in [2.24, 2.45) is 5.73 Å². The fourth-order valence-corrected chi connectivity index (χ4v) is 1.32. The van der Waals surface area contributed by atoms with Crippen molar-refractivity contribution in [2.75, 3.05) is 0 Å². The van der Waals surface area contributed by atoms with Gasteiger partial charge in [0.15, 0.2) is 0 Å². The normalized spacial score (nSPS) is 13.9. The highest BCUT2D eigenvalue weighted by Gasteiger charge is 2.42. The molecular formula is C14H18N2O6. The molecule has 0 aliphatic carbocycles. The summed E-state index contributed by atoms with van der Waals surface area (Å²) in [6.45, 7) is 6.10. The summed E-state index contributed by atoms with van der Waals surface area (Å²) < 4.78 is 10.0. The largest absolute Gasteiger partial charge is 0.458 e. The van der Waals surface area contributed by atoms with Crippen molar-refractivity contribution in [3.05, 3.63) is 34.4 Å². The summed E-state index contributed by atoms with van der Waals surface area (Å²) in [7, 11) is 0. The average Bonchev–Trinajstić information content (AvgIpc) is 2.37. The number of carbonyl (C=O) groups is 2. The number of esters is 2. The summed E-state index contributed by atoms with van der Waals surface area (Å²) >= 11 is 0. The number of carbonyl (C=O) groups excluding carboxylic acids is 2. The minimum atomic E-state index is -1.99. The predicted octanol–water partition coefficient (Wildman–Crippen LogP) is 1.56. The van der Waals surface area contributed by atoms with Gasteiger partial charge in [0.1, 0.15) is 11.4 Å². The van der Waals surface area contributed by atoms with Gasteiger partial charge < -0.3 is 15.2 Å². The van der Waals surface area contributed by atoms with Crippen LogP contribution in [0.1, 0.15) is 27.7 Å². The number of non-ortho nitro benzene ring substituents is 1. The Hall–Kier alpha value is -2.48. The highest BCUT2D eigenvalue weighted by molar-refractivity contribution is 6.05. The Balaban J connectivity index is 2.82. The van der Waals surface area contributed by atoms with Gasteiger partial charge in [-0.15, -0.1) is 0 Å². The monoisotopic (exact) mass is 310 g/mol. The van der Waals surface area contributed by atoms with Gasteiger partial charge in [-0.25, -0.2) is 9.59 Å². The second-order valence-corrected chi connectivity index (χ2v) is 5.84. The molecule has 0 unspecified atom stereocenters. The van der Waals surface area contributed by atoms with E-state index in [-0.39, 0.29) is 11.4 Å². The summed E-state index contributed by atoms with van der Waals surface area (Å²) in [4.78, 5) is 33.9. The zero-order chi connectivity index (χ0) is 17.1. The van der Waals surface area contributed by atoms with E-state index in [2.05, 4.69) is 0 Å². The van der Waals surface area contributed by atoms with Crippen LogP contribution >= 0.6 is 0 Å². The van der Waals surface area contributed by atoms with Gasteiger partial charge in [-0.3, -0.25) is 10.1 Å². The molecule has 0 radical (unpaired) electrons. The van der Waals surface area contributed by atoms with Gasteiger partial charge in [0, 0.05) is 12.1 Å². The lowest BCUT2D eigenvalue weighted by atomic mass is 10.0. The Morgan fingerprint density at radius 2 is 1.59 bits per heavy atom. The van der Waals surface area contributed by atoms with E-state index < -0.39 is 28.0 Å². The molecule has 0 bridgehead atoms. The van der Waals surface area contributed by atoms with Gasteiger partial charge in [-0.1, -0.05) is 0 Å². The van der Waals surface area contributed by atoms with Gasteiger partial charge in [-0.2, -0.15) is 0 Å². The van der Waals surface area contributed by atoms with Crippen molar-refractivity contribution in [1.29, 1.82) is 0 Å². The quantitative estimate of drug-likeness (QED) is 0.294. The van der Waals surface area contributed by atoms with Gasteiger partial charge >= 0.3 is 11.9 Å². The highest BCUT2D eigenvalue weighted by atomic mass is 16.6. The molecule has 0 saturated heterocycles. The van der Waals surface area contributed by atoms with Gasteiger partial charge in [0.25, 0.3) is 5.69 Å². The fraction of sp³-hybridized carbons (Fsp3) is 0.429. The number of rotatable bonds is 4.